The summed E-state index contributed by atoms with van der Waals surface area (Å²) in [5, 5.41) is 2.95. The molecule has 1 aliphatic rings. The molecule has 1 fully saturated rings. The topological polar surface area (TPSA) is 58.4 Å². The highest BCUT2D eigenvalue weighted by molar-refractivity contribution is 5.82. The van der Waals surface area contributed by atoms with E-state index >= 15 is 0 Å². The third-order valence-electron chi connectivity index (χ3n) is 4.28. The van der Waals surface area contributed by atoms with Crippen molar-refractivity contribution < 1.29 is 13.6 Å². The van der Waals surface area contributed by atoms with Gasteiger partial charge in [-0.25, -0.2) is 8.78 Å². The maximum atomic E-state index is 13.5. The van der Waals surface area contributed by atoms with Crippen molar-refractivity contribution in [1.82, 2.24) is 10.2 Å². The molecule has 0 radical (unpaired) electrons. The van der Waals surface area contributed by atoms with E-state index in [9.17, 15) is 13.6 Å². The smallest absolute Gasteiger partial charge is 0.237 e. The van der Waals surface area contributed by atoms with Crippen LogP contribution in [0.1, 0.15) is 31.9 Å². The van der Waals surface area contributed by atoms with E-state index in [2.05, 4.69) is 5.32 Å². The normalized spacial score (nSPS) is 23.8. The van der Waals surface area contributed by atoms with Crippen molar-refractivity contribution in [3.8, 4) is 0 Å². The summed E-state index contributed by atoms with van der Waals surface area (Å²) in [6.45, 7) is 4.54. The second-order valence-corrected chi connectivity index (χ2v) is 6.27. The average molecular weight is 311 g/mol. The molecule has 122 valence electrons. The zero-order valence-corrected chi connectivity index (χ0v) is 13.1. The zero-order chi connectivity index (χ0) is 16.4. The number of carbonyl (C=O) groups excluding carboxylic acids is 1. The average Bonchev–Trinajstić information content (AvgIpc) is 2.81. The van der Waals surface area contributed by atoms with Crippen molar-refractivity contribution in [3.63, 3.8) is 0 Å². The van der Waals surface area contributed by atoms with Crippen molar-refractivity contribution in [2.45, 2.75) is 38.4 Å². The van der Waals surface area contributed by atoms with Crippen LogP contribution in [0.4, 0.5) is 8.78 Å². The highest BCUT2D eigenvalue weighted by Gasteiger charge is 2.35. The first-order valence-electron chi connectivity index (χ1n) is 7.52. The van der Waals surface area contributed by atoms with E-state index in [4.69, 9.17) is 5.73 Å². The Balaban J connectivity index is 2.17. The predicted octanol–water partition coefficient (Wildman–Crippen LogP) is 1.81. The Kier molecular flexibility index (Phi) is 5.13. The third kappa shape index (κ3) is 3.44. The van der Waals surface area contributed by atoms with Gasteiger partial charge in [-0.2, -0.15) is 0 Å². The molecule has 0 aliphatic carbocycles. The van der Waals surface area contributed by atoms with Crippen LogP contribution in [0.25, 0.3) is 0 Å². The first-order chi connectivity index (χ1) is 10.3. The number of benzene rings is 1. The molecule has 4 nitrogen and oxygen atoms in total. The van der Waals surface area contributed by atoms with Gasteiger partial charge in [0.15, 0.2) is 11.6 Å². The first kappa shape index (κ1) is 16.8. The Labute approximate surface area is 129 Å². The molecule has 1 aliphatic heterocycles. The molecule has 1 heterocycles. The van der Waals surface area contributed by atoms with Gasteiger partial charge >= 0.3 is 0 Å². The van der Waals surface area contributed by atoms with Crippen LogP contribution < -0.4 is 11.1 Å². The highest BCUT2D eigenvalue weighted by atomic mass is 19.2. The Morgan fingerprint density at radius 3 is 2.64 bits per heavy atom. The predicted molar refractivity (Wildman–Crippen MR) is 81.1 cm³/mol. The molecule has 2 rings (SSSR count). The number of likely N-dealkylation sites (tertiary alicyclic amines) is 1. The molecule has 0 aromatic heterocycles. The molecule has 0 bridgehead atoms. The number of halogens is 2. The minimum absolute atomic E-state index is 0.0425. The van der Waals surface area contributed by atoms with Gasteiger partial charge in [0.2, 0.25) is 5.91 Å². The molecule has 6 heteroatoms. The number of likely N-dealkylation sites (N-methyl/N-ethyl adjacent to an activating group) is 1. The second kappa shape index (κ2) is 6.71. The molecule has 3 atom stereocenters. The summed E-state index contributed by atoms with van der Waals surface area (Å²) in [4.78, 5) is 14.2. The lowest BCUT2D eigenvalue weighted by molar-refractivity contribution is -0.124. The second-order valence-electron chi connectivity index (χ2n) is 6.27. The van der Waals surface area contributed by atoms with Crippen molar-refractivity contribution in [2.75, 3.05) is 13.6 Å². The van der Waals surface area contributed by atoms with Gasteiger partial charge in [0.05, 0.1) is 12.1 Å². The number of nitrogens with zero attached hydrogens (tertiary/aromatic N) is 1. The van der Waals surface area contributed by atoms with Crippen LogP contribution in [0, 0.1) is 17.6 Å². The summed E-state index contributed by atoms with van der Waals surface area (Å²) >= 11 is 0. The van der Waals surface area contributed by atoms with Gasteiger partial charge in [-0.15, -0.1) is 0 Å². The molecule has 2 unspecified atom stereocenters. The summed E-state index contributed by atoms with van der Waals surface area (Å²) in [6, 6.07) is 2.97. The van der Waals surface area contributed by atoms with Crippen molar-refractivity contribution in [2.24, 2.45) is 11.7 Å². The van der Waals surface area contributed by atoms with Gasteiger partial charge in [-0.05, 0) is 37.1 Å². The lowest BCUT2D eigenvalue weighted by atomic mass is 9.98. The number of amides is 1. The van der Waals surface area contributed by atoms with E-state index in [-0.39, 0.29) is 23.9 Å². The SMILES string of the molecule is CC(C)[C@H](N)C(=O)NC1CCN(C)C1c1ccc(F)c(F)c1. The van der Waals surface area contributed by atoms with Gasteiger partial charge in [-0.3, -0.25) is 9.69 Å². The number of carbonyl (C=O) groups is 1. The van der Waals surface area contributed by atoms with Crippen LogP contribution in [0.15, 0.2) is 18.2 Å². The van der Waals surface area contributed by atoms with Crippen LogP contribution in [-0.2, 0) is 4.79 Å². The summed E-state index contributed by atoms with van der Waals surface area (Å²) in [6.07, 6.45) is 0.747. The summed E-state index contributed by atoms with van der Waals surface area (Å²) in [5.74, 6) is -1.91. The molecular weight excluding hydrogens is 288 g/mol. The van der Waals surface area contributed by atoms with E-state index < -0.39 is 17.7 Å². The Bertz CT molecular complexity index is 550. The molecule has 3 N–H and O–H groups in total. The van der Waals surface area contributed by atoms with Crippen LogP contribution in [0.3, 0.4) is 0 Å². The number of hydrogen-bond acceptors (Lipinski definition) is 3. The van der Waals surface area contributed by atoms with Crippen LogP contribution >= 0.6 is 0 Å². The molecule has 1 amide bonds. The fourth-order valence-electron chi connectivity index (χ4n) is 2.86. The molecule has 22 heavy (non-hydrogen) atoms. The maximum Gasteiger partial charge on any atom is 0.237 e. The van der Waals surface area contributed by atoms with Crippen LogP contribution in [0.5, 0.6) is 0 Å². The third-order valence-corrected chi connectivity index (χ3v) is 4.28. The quantitative estimate of drug-likeness (QED) is 0.891. The summed E-state index contributed by atoms with van der Waals surface area (Å²) < 4.78 is 26.6. The molecule has 1 saturated heterocycles. The Morgan fingerprint density at radius 2 is 2.05 bits per heavy atom. The van der Waals surface area contributed by atoms with Gasteiger partial charge in [0.25, 0.3) is 0 Å². The number of rotatable bonds is 4. The zero-order valence-electron chi connectivity index (χ0n) is 13.1. The Morgan fingerprint density at radius 1 is 1.36 bits per heavy atom. The maximum absolute atomic E-state index is 13.5. The largest absolute Gasteiger partial charge is 0.350 e. The fourth-order valence-corrected chi connectivity index (χ4v) is 2.86. The summed E-state index contributed by atoms with van der Waals surface area (Å²) in [7, 11) is 1.90. The number of nitrogens with two attached hydrogens (primary N) is 1. The Hall–Kier alpha value is -1.53. The van der Waals surface area contributed by atoms with Crippen LogP contribution in [0.2, 0.25) is 0 Å². The van der Waals surface area contributed by atoms with Gasteiger partial charge < -0.3 is 11.1 Å². The number of hydrogen-bond donors (Lipinski definition) is 2. The highest BCUT2D eigenvalue weighted by Crippen LogP contribution is 2.31. The van der Waals surface area contributed by atoms with E-state index in [0.717, 1.165) is 19.0 Å². The lowest BCUT2D eigenvalue weighted by Crippen LogP contribution is -2.49. The van der Waals surface area contributed by atoms with Gasteiger partial charge in [0, 0.05) is 12.6 Å². The monoisotopic (exact) mass is 311 g/mol. The van der Waals surface area contributed by atoms with Crippen molar-refractivity contribution in [1.29, 1.82) is 0 Å². The summed E-state index contributed by atoms with van der Waals surface area (Å²) in [5.41, 5.74) is 6.52. The fraction of sp³-hybridized carbons (Fsp3) is 0.562. The van der Waals surface area contributed by atoms with E-state index in [0.29, 0.717) is 5.56 Å². The van der Waals surface area contributed by atoms with Gasteiger partial charge in [-0.1, -0.05) is 19.9 Å². The van der Waals surface area contributed by atoms with E-state index in [1.165, 1.54) is 6.07 Å². The standard InChI is InChI=1S/C16H23F2N3O/c1-9(2)14(19)16(22)20-13-6-7-21(3)15(13)10-4-5-11(17)12(18)8-10/h4-5,8-9,13-15H,6-7,19H2,1-3H3,(H,20,22)/t13?,14-,15?/m0/s1. The molecule has 1 aromatic rings. The molecular formula is C16H23F2N3O. The van der Waals surface area contributed by atoms with Crippen molar-refractivity contribution >= 4 is 5.91 Å². The lowest BCUT2D eigenvalue weighted by Gasteiger charge is -2.27. The van der Waals surface area contributed by atoms with E-state index in [1.807, 2.05) is 25.8 Å². The molecule has 0 spiro atoms. The van der Waals surface area contributed by atoms with Crippen molar-refractivity contribution in [3.05, 3.63) is 35.4 Å². The minimum atomic E-state index is -0.873. The number of nitrogens with one attached hydrogen (secondary N) is 1. The van der Waals surface area contributed by atoms with E-state index in [1.54, 1.807) is 6.07 Å². The molecule has 0 saturated carbocycles. The minimum Gasteiger partial charge on any atom is -0.350 e. The first-order valence-corrected chi connectivity index (χ1v) is 7.52. The van der Waals surface area contributed by atoms with Crippen LogP contribution in [-0.4, -0.2) is 36.5 Å². The van der Waals surface area contributed by atoms with Gasteiger partial charge in [0.1, 0.15) is 0 Å². The molecule has 1 aromatic carbocycles.